The standard InChI is InChI=1S/C16H27N5OS.HI/c1-13-4-5-15(23-13)12-19-16(17-3)18-6-7-20-8-10-21(11-9-20)14(2)22;/h4-5H,6-12H2,1-3H3,(H2,17,18,19);1H. The van der Waals surface area contributed by atoms with E-state index in [4.69, 9.17) is 0 Å². The van der Waals surface area contributed by atoms with E-state index in [2.05, 4.69) is 39.6 Å². The van der Waals surface area contributed by atoms with Gasteiger partial charge >= 0.3 is 0 Å². The number of hydrogen-bond donors (Lipinski definition) is 2. The number of nitrogens with zero attached hydrogens (tertiary/aromatic N) is 3. The molecule has 1 fully saturated rings. The molecule has 0 aromatic carbocycles. The molecule has 1 aromatic rings. The Balaban J connectivity index is 0.00000288. The van der Waals surface area contributed by atoms with E-state index < -0.39 is 0 Å². The zero-order valence-electron chi connectivity index (χ0n) is 14.7. The Morgan fingerprint density at radius 3 is 2.50 bits per heavy atom. The Morgan fingerprint density at radius 1 is 1.25 bits per heavy atom. The van der Waals surface area contributed by atoms with Gasteiger partial charge in [0.2, 0.25) is 5.91 Å². The predicted molar refractivity (Wildman–Crippen MR) is 111 cm³/mol. The highest BCUT2D eigenvalue weighted by molar-refractivity contribution is 14.0. The molecule has 0 aliphatic carbocycles. The lowest BCUT2D eigenvalue weighted by Gasteiger charge is -2.34. The summed E-state index contributed by atoms with van der Waals surface area (Å²) in [7, 11) is 1.79. The van der Waals surface area contributed by atoms with E-state index in [1.165, 1.54) is 9.75 Å². The Bertz CT molecular complexity index is 540. The molecule has 1 amide bonds. The summed E-state index contributed by atoms with van der Waals surface area (Å²) in [5.74, 6) is 1.01. The fourth-order valence-electron chi connectivity index (χ4n) is 2.59. The van der Waals surface area contributed by atoms with Crippen molar-refractivity contribution in [3.63, 3.8) is 0 Å². The summed E-state index contributed by atoms with van der Waals surface area (Å²) in [5, 5.41) is 6.69. The molecular weight excluding hydrogens is 437 g/mol. The summed E-state index contributed by atoms with van der Waals surface area (Å²) in [6.45, 7) is 9.93. The maximum atomic E-state index is 11.3. The third-order valence-corrected chi connectivity index (χ3v) is 4.99. The first-order valence-corrected chi connectivity index (χ1v) is 8.88. The number of carbonyl (C=O) groups is 1. The van der Waals surface area contributed by atoms with Crippen LogP contribution in [-0.2, 0) is 11.3 Å². The van der Waals surface area contributed by atoms with Crippen molar-refractivity contribution >= 4 is 47.2 Å². The molecule has 0 radical (unpaired) electrons. The summed E-state index contributed by atoms with van der Waals surface area (Å²) >= 11 is 1.80. The molecular formula is C16H28IN5OS. The van der Waals surface area contributed by atoms with E-state index >= 15 is 0 Å². The fourth-order valence-corrected chi connectivity index (χ4v) is 3.42. The Kier molecular flexibility index (Phi) is 9.60. The second-order valence-corrected chi connectivity index (χ2v) is 7.09. The summed E-state index contributed by atoms with van der Waals surface area (Å²) in [4.78, 5) is 22.5. The smallest absolute Gasteiger partial charge is 0.219 e. The fraction of sp³-hybridized carbons (Fsp3) is 0.625. The van der Waals surface area contributed by atoms with Crippen LogP contribution in [0.3, 0.4) is 0 Å². The van der Waals surface area contributed by atoms with E-state index in [1.807, 2.05) is 4.90 Å². The number of carbonyl (C=O) groups excluding carboxylic acids is 1. The van der Waals surface area contributed by atoms with Crippen LogP contribution in [0.5, 0.6) is 0 Å². The first-order chi connectivity index (χ1) is 11.1. The van der Waals surface area contributed by atoms with Gasteiger partial charge in [0.05, 0.1) is 6.54 Å². The molecule has 1 aromatic heterocycles. The van der Waals surface area contributed by atoms with Gasteiger partial charge in [-0.3, -0.25) is 14.7 Å². The lowest BCUT2D eigenvalue weighted by molar-refractivity contribution is -0.130. The third kappa shape index (κ3) is 6.94. The van der Waals surface area contributed by atoms with Gasteiger partial charge in [-0.2, -0.15) is 0 Å². The Hall–Kier alpha value is -0.870. The number of hydrogen-bond acceptors (Lipinski definition) is 4. The largest absolute Gasteiger partial charge is 0.355 e. The van der Waals surface area contributed by atoms with Crippen LogP contribution in [0.2, 0.25) is 0 Å². The van der Waals surface area contributed by atoms with Crippen molar-refractivity contribution in [2.75, 3.05) is 46.3 Å². The topological polar surface area (TPSA) is 60.0 Å². The number of thiophene rings is 1. The van der Waals surface area contributed by atoms with Crippen molar-refractivity contribution < 1.29 is 4.79 Å². The molecule has 8 heteroatoms. The Labute approximate surface area is 165 Å². The number of halogens is 1. The van der Waals surface area contributed by atoms with E-state index in [0.29, 0.717) is 0 Å². The third-order valence-electron chi connectivity index (χ3n) is 3.99. The van der Waals surface area contributed by atoms with Crippen molar-refractivity contribution in [3.05, 3.63) is 21.9 Å². The van der Waals surface area contributed by atoms with Crippen LogP contribution in [-0.4, -0.2) is 68.0 Å². The number of rotatable bonds is 5. The van der Waals surface area contributed by atoms with Gasteiger partial charge < -0.3 is 15.5 Å². The maximum Gasteiger partial charge on any atom is 0.219 e. The van der Waals surface area contributed by atoms with Gasteiger partial charge in [-0.05, 0) is 19.1 Å². The van der Waals surface area contributed by atoms with Crippen molar-refractivity contribution in [3.8, 4) is 0 Å². The molecule has 0 atom stereocenters. The monoisotopic (exact) mass is 465 g/mol. The molecule has 1 aliphatic heterocycles. The molecule has 2 N–H and O–H groups in total. The minimum absolute atomic E-state index is 0. The van der Waals surface area contributed by atoms with Crippen LogP contribution >= 0.6 is 35.3 Å². The molecule has 2 heterocycles. The molecule has 1 saturated heterocycles. The van der Waals surface area contributed by atoms with E-state index in [0.717, 1.165) is 51.8 Å². The van der Waals surface area contributed by atoms with Gasteiger partial charge in [0.15, 0.2) is 5.96 Å². The highest BCUT2D eigenvalue weighted by atomic mass is 127. The minimum Gasteiger partial charge on any atom is -0.355 e. The zero-order chi connectivity index (χ0) is 16.7. The van der Waals surface area contributed by atoms with E-state index in [9.17, 15) is 4.79 Å². The molecule has 6 nitrogen and oxygen atoms in total. The first kappa shape index (κ1) is 21.2. The molecule has 0 bridgehead atoms. The van der Waals surface area contributed by atoms with Gasteiger partial charge in [0, 0.05) is 63.0 Å². The molecule has 136 valence electrons. The number of nitrogens with one attached hydrogen (secondary N) is 2. The van der Waals surface area contributed by atoms with Crippen molar-refractivity contribution in [2.45, 2.75) is 20.4 Å². The summed E-state index contributed by atoms with van der Waals surface area (Å²) in [6, 6.07) is 4.29. The predicted octanol–water partition coefficient (Wildman–Crippen LogP) is 1.50. The SMILES string of the molecule is CN=C(NCCN1CCN(C(C)=O)CC1)NCc1ccc(C)s1.I. The summed E-state index contributed by atoms with van der Waals surface area (Å²) < 4.78 is 0. The lowest BCUT2D eigenvalue weighted by atomic mass is 10.3. The maximum absolute atomic E-state index is 11.3. The van der Waals surface area contributed by atoms with Crippen molar-refractivity contribution in [2.24, 2.45) is 4.99 Å². The van der Waals surface area contributed by atoms with Crippen molar-refractivity contribution in [1.29, 1.82) is 0 Å². The second kappa shape index (κ2) is 10.9. The number of piperazine rings is 1. The van der Waals surface area contributed by atoms with Gasteiger partial charge in [0.25, 0.3) is 0 Å². The molecule has 24 heavy (non-hydrogen) atoms. The highest BCUT2D eigenvalue weighted by Crippen LogP contribution is 2.14. The van der Waals surface area contributed by atoms with Crippen LogP contribution in [0.25, 0.3) is 0 Å². The van der Waals surface area contributed by atoms with Crippen LogP contribution in [0.4, 0.5) is 0 Å². The molecule has 2 rings (SSSR count). The van der Waals surface area contributed by atoms with Gasteiger partial charge in [-0.15, -0.1) is 35.3 Å². The van der Waals surface area contributed by atoms with Crippen LogP contribution in [0.15, 0.2) is 17.1 Å². The normalized spacial score (nSPS) is 15.8. The van der Waals surface area contributed by atoms with Crippen LogP contribution in [0, 0.1) is 6.92 Å². The number of aliphatic imine (C=N–C) groups is 1. The summed E-state index contributed by atoms with van der Waals surface area (Å²) in [6.07, 6.45) is 0. The van der Waals surface area contributed by atoms with Crippen LogP contribution in [0.1, 0.15) is 16.7 Å². The van der Waals surface area contributed by atoms with Gasteiger partial charge in [-0.1, -0.05) is 0 Å². The lowest BCUT2D eigenvalue weighted by Crippen LogP contribution is -2.50. The minimum atomic E-state index is 0. The summed E-state index contributed by atoms with van der Waals surface area (Å²) in [5.41, 5.74) is 0. The number of aryl methyl sites for hydroxylation is 1. The zero-order valence-corrected chi connectivity index (χ0v) is 17.8. The first-order valence-electron chi connectivity index (χ1n) is 8.06. The van der Waals surface area contributed by atoms with Gasteiger partial charge in [-0.25, -0.2) is 0 Å². The van der Waals surface area contributed by atoms with E-state index in [1.54, 1.807) is 25.3 Å². The van der Waals surface area contributed by atoms with Crippen LogP contribution < -0.4 is 10.6 Å². The molecule has 1 aliphatic rings. The quantitative estimate of drug-likeness (QED) is 0.393. The van der Waals surface area contributed by atoms with E-state index in [-0.39, 0.29) is 29.9 Å². The second-order valence-electron chi connectivity index (χ2n) is 5.71. The molecule has 0 unspecified atom stereocenters. The average Bonchev–Trinajstić information content (AvgIpc) is 2.96. The number of guanidine groups is 1. The molecule has 0 spiro atoms. The van der Waals surface area contributed by atoms with Gasteiger partial charge in [0.1, 0.15) is 0 Å². The Morgan fingerprint density at radius 2 is 1.96 bits per heavy atom. The van der Waals surface area contributed by atoms with Crippen molar-refractivity contribution in [1.82, 2.24) is 20.4 Å². The average molecular weight is 465 g/mol. The highest BCUT2D eigenvalue weighted by Gasteiger charge is 2.17. The number of amides is 1. The molecule has 0 saturated carbocycles.